The summed E-state index contributed by atoms with van der Waals surface area (Å²) in [6, 6.07) is 20.1. The van der Waals surface area contributed by atoms with Crippen molar-refractivity contribution in [2.24, 2.45) is 0 Å². The first-order valence-electron chi connectivity index (χ1n) is 7.52. The summed E-state index contributed by atoms with van der Waals surface area (Å²) in [5.74, 6) is 0. The number of benzene rings is 2. The van der Waals surface area contributed by atoms with E-state index in [1.807, 2.05) is 0 Å². The molecule has 0 amide bonds. The van der Waals surface area contributed by atoms with Crippen LogP contribution in [0.25, 0.3) is 11.1 Å². The van der Waals surface area contributed by atoms with E-state index in [1.165, 1.54) is 34.8 Å². The molecule has 2 aromatic rings. The highest BCUT2D eigenvalue weighted by atomic mass is 28.3. The third-order valence-electron chi connectivity index (χ3n) is 4.61. The molecule has 0 spiro atoms. The molecule has 2 aromatic carbocycles. The largest absolute Gasteiger partial charge is 0.0680 e. The molecule has 3 rings (SSSR count). The van der Waals surface area contributed by atoms with Crippen molar-refractivity contribution < 1.29 is 0 Å². The Morgan fingerprint density at radius 2 is 1.63 bits per heavy atom. The minimum Gasteiger partial charge on any atom is -0.0680 e. The van der Waals surface area contributed by atoms with Gasteiger partial charge in [-0.1, -0.05) is 68.4 Å². The molecule has 0 bridgehead atoms. The molecule has 1 heteroatoms. The topological polar surface area (TPSA) is 0 Å². The summed E-state index contributed by atoms with van der Waals surface area (Å²) in [5, 5.41) is 0. The van der Waals surface area contributed by atoms with E-state index in [-0.39, 0.29) is 0 Å². The Balaban J connectivity index is 1.99. The lowest BCUT2D eigenvalue weighted by atomic mass is 10.0. The van der Waals surface area contributed by atoms with Gasteiger partial charge in [-0.25, -0.2) is 0 Å². The van der Waals surface area contributed by atoms with Crippen LogP contribution in [0.1, 0.15) is 30.5 Å². The fourth-order valence-corrected chi connectivity index (χ4v) is 5.46. The predicted molar refractivity (Wildman–Crippen MR) is 86.5 cm³/mol. The van der Waals surface area contributed by atoms with Crippen LogP contribution in [-0.2, 0) is 12.5 Å². The standard InChI is InChI=1S/C18H22Si/c1-3-19(4-2)13-15-9-7-11-17-16-10-6-5-8-14(16)12-18(15)17/h5-11,19H,3-4,12-13H2,1-2H3. The highest BCUT2D eigenvalue weighted by molar-refractivity contribution is 6.58. The minimum atomic E-state index is -0.551. The van der Waals surface area contributed by atoms with Gasteiger partial charge in [-0.3, -0.25) is 0 Å². The van der Waals surface area contributed by atoms with Gasteiger partial charge in [0.1, 0.15) is 0 Å². The van der Waals surface area contributed by atoms with E-state index in [0.29, 0.717) is 0 Å². The summed E-state index contributed by atoms with van der Waals surface area (Å²) in [5.41, 5.74) is 7.71. The van der Waals surface area contributed by atoms with Gasteiger partial charge in [0.15, 0.2) is 0 Å². The summed E-state index contributed by atoms with van der Waals surface area (Å²) in [6.45, 7) is 4.75. The lowest BCUT2D eigenvalue weighted by Crippen LogP contribution is -2.14. The smallest absolute Gasteiger partial charge is 0.0408 e. The van der Waals surface area contributed by atoms with Gasteiger partial charge in [-0.15, -0.1) is 0 Å². The molecule has 0 radical (unpaired) electrons. The summed E-state index contributed by atoms with van der Waals surface area (Å²) in [4.78, 5) is 0. The first kappa shape index (κ1) is 12.7. The molecule has 0 aromatic heterocycles. The average Bonchev–Trinajstić information content (AvgIpc) is 2.84. The summed E-state index contributed by atoms with van der Waals surface area (Å²) >= 11 is 0. The van der Waals surface area contributed by atoms with E-state index in [9.17, 15) is 0 Å². The zero-order chi connectivity index (χ0) is 13.2. The Morgan fingerprint density at radius 3 is 2.42 bits per heavy atom. The van der Waals surface area contributed by atoms with Crippen molar-refractivity contribution >= 4 is 8.80 Å². The summed E-state index contributed by atoms with van der Waals surface area (Å²) in [6.07, 6.45) is 1.15. The van der Waals surface area contributed by atoms with Crippen LogP contribution in [-0.4, -0.2) is 8.80 Å². The van der Waals surface area contributed by atoms with Gasteiger partial charge in [0.05, 0.1) is 0 Å². The monoisotopic (exact) mass is 266 g/mol. The maximum Gasteiger partial charge on any atom is 0.0408 e. The zero-order valence-corrected chi connectivity index (χ0v) is 13.1. The van der Waals surface area contributed by atoms with Gasteiger partial charge >= 0.3 is 0 Å². The van der Waals surface area contributed by atoms with Crippen LogP contribution in [0.4, 0.5) is 0 Å². The normalized spacial score (nSPS) is 12.6. The first-order chi connectivity index (χ1) is 9.33. The van der Waals surface area contributed by atoms with Gasteiger partial charge < -0.3 is 0 Å². The van der Waals surface area contributed by atoms with Gasteiger partial charge in [0.2, 0.25) is 0 Å². The first-order valence-corrected chi connectivity index (χ1v) is 9.97. The predicted octanol–water partition coefficient (Wildman–Crippen LogP) is 4.61. The van der Waals surface area contributed by atoms with Crippen LogP contribution in [0.3, 0.4) is 0 Å². The molecule has 0 saturated heterocycles. The fourth-order valence-electron chi connectivity index (χ4n) is 3.30. The molecule has 0 saturated carbocycles. The molecule has 98 valence electrons. The molecule has 0 nitrogen and oxygen atoms in total. The Bertz CT molecular complexity index is 582. The van der Waals surface area contributed by atoms with Gasteiger partial charge in [-0.05, 0) is 40.3 Å². The quantitative estimate of drug-likeness (QED) is 0.605. The Labute approximate surface area is 118 Å². The van der Waals surface area contributed by atoms with Gasteiger partial charge in [0.25, 0.3) is 0 Å². The van der Waals surface area contributed by atoms with Crippen LogP contribution in [0, 0.1) is 0 Å². The molecule has 0 N–H and O–H groups in total. The van der Waals surface area contributed by atoms with Crippen LogP contribution in [0.15, 0.2) is 42.5 Å². The van der Waals surface area contributed by atoms with Crippen molar-refractivity contribution in [3.8, 4) is 11.1 Å². The van der Waals surface area contributed by atoms with Crippen LogP contribution >= 0.6 is 0 Å². The van der Waals surface area contributed by atoms with E-state index < -0.39 is 8.80 Å². The average molecular weight is 266 g/mol. The Hall–Kier alpha value is -1.34. The molecule has 0 unspecified atom stereocenters. The fraction of sp³-hybridized carbons (Fsp3) is 0.333. The van der Waals surface area contributed by atoms with E-state index in [0.717, 1.165) is 6.42 Å². The van der Waals surface area contributed by atoms with Crippen LogP contribution in [0.5, 0.6) is 0 Å². The molecule has 1 aliphatic rings. The molecule has 0 aliphatic heterocycles. The van der Waals surface area contributed by atoms with E-state index in [2.05, 4.69) is 56.3 Å². The van der Waals surface area contributed by atoms with Crippen molar-refractivity contribution in [2.75, 3.05) is 0 Å². The SMILES string of the molecule is CC[SiH](CC)Cc1cccc2c1Cc1ccccc1-2. The molecule has 0 heterocycles. The highest BCUT2D eigenvalue weighted by Gasteiger charge is 2.21. The second-order valence-electron chi connectivity index (χ2n) is 5.66. The van der Waals surface area contributed by atoms with Crippen molar-refractivity contribution in [3.05, 3.63) is 59.2 Å². The third kappa shape index (κ3) is 2.28. The molecule has 19 heavy (non-hydrogen) atoms. The minimum absolute atomic E-state index is 0.551. The van der Waals surface area contributed by atoms with Crippen molar-refractivity contribution in [3.63, 3.8) is 0 Å². The van der Waals surface area contributed by atoms with Gasteiger partial charge in [-0.2, -0.15) is 0 Å². The van der Waals surface area contributed by atoms with Crippen LogP contribution < -0.4 is 0 Å². The molecule has 1 aliphatic carbocycles. The van der Waals surface area contributed by atoms with E-state index in [1.54, 1.807) is 11.1 Å². The summed E-state index contributed by atoms with van der Waals surface area (Å²) in [7, 11) is -0.551. The van der Waals surface area contributed by atoms with Crippen molar-refractivity contribution in [1.29, 1.82) is 0 Å². The molecule has 0 fully saturated rings. The lowest BCUT2D eigenvalue weighted by molar-refractivity contribution is 1.16. The number of hydrogen-bond acceptors (Lipinski definition) is 0. The van der Waals surface area contributed by atoms with E-state index in [4.69, 9.17) is 0 Å². The second-order valence-corrected chi connectivity index (χ2v) is 9.44. The number of rotatable bonds is 4. The summed E-state index contributed by atoms with van der Waals surface area (Å²) < 4.78 is 0. The lowest BCUT2D eigenvalue weighted by Gasteiger charge is -2.14. The number of hydrogen-bond donors (Lipinski definition) is 0. The third-order valence-corrected chi connectivity index (χ3v) is 7.94. The van der Waals surface area contributed by atoms with Crippen molar-refractivity contribution in [2.45, 2.75) is 38.4 Å². The second kappa shape index (κ2) is 5.34. The van der Waals surface area contributed by atoms with Gasteiger partial charge in [0, 0.05) is 8.80 Å². The molecule has 0 atom stereocenters. The molecular weight excluding hydrogens is 244 g/mol. The molecular formula is C18H22Si. The Morgan fingerprint density at radius 1 is 0.895 bits per heavy atom. The maximum atomic E-state index is 2.37. The number of fused-ring (bicyclic) bond motifs is 3. The van der Waals surface area contributed by atoms with E-state index >= 15 is 0 Å². The highest BCUT2D eigenvalue weighted by Crippen LogP contribution is 2.38. The zero-order valence-electron chi connectivity index (χ0n) is 11.9. The van der Waals surface area contributed by atoms with Crippen molar-refractivity contribution in [1.82, 2.24) is 0 Å². The maximum absolute atomic E-state index is 2.37. The van der Waals surface area contributed by atoms with Crippen LogP contribution in [0.2, 0.25) is 12.1 Å². The Kier molecular flexibility index (Phi) is 3.56.